The maximum atomic E-state index is 12.3. The number of nitrogens with one attached hydrogen (secondary N) is 1. The van der Waals surface area contributed by atoms with Gasteiger partial charge in [-0.2, -0.15) is 0 Å². The summed E-state index contributed by atoms with van der Waals surface area (Å²) in [4.78, 5) is 12.3. The third-order valence-corrected chi connectivity index (χ3v) is 6.63. The molecule has 0 aromatic carbocycles. The Morgan fingerprint density at radius 3 is 2.63 bits per heavy atom. The Kier molecular flexibility index (Phi) is 5.12. The molecular weight excluding hydrogens is 346 g/mol. The van der Waals surface area contributed by atoms with Crippen LogP contribution in [0, 0.1) is 5.92 Å². The van der Waals surface area contributed by atoms with Crippen molar-refractivity contribution in [2.45, 2.75) is 88.4 Å². The first kappa shape index (κ1) is 19.4. The number of esters is 1. The van der Waals surface area contributed by atoms with Gasteiger partial charge in [-0.25, -0.2) is 0 Å². The summed E-state index contributed by atoms with van der Waals surface area (Å²) in [5.41, 5.74) is 0.831. The van der Waals surface area contributed by atoms with Gasteiger partial charge in [0, 0.05) is 13.2 Å². The van der Waals surface area contributed by atoms with Gasteiger partial charge >= 0.3 is 5.97 Å². The Balaban J connectivity index is 1.43. The number of carbonyl (C=O) groups excluding carboxylic acids is 1. The number of rotatable bonds is 8. The molecule has 0 aromatic heterocycles. The zero-order valence-electron chi connectivity index (χ0n) is 17.0. The van der Waals surface area contributed by atoms with E-state index >= 15 is 0 Å². The van der Waals surface area contributed by atoms with Gasteiger partial charge in [0.15, 0.2) is 0 Å². The monoisotopic (exact) mass is 379 g/mol. The third kappa shape index (κ3) is 3.95. The van der Waals surface area contributed by atoms with Crippen molar-refractivity contribution in [1.82, 2.24) is 5.32 Å². The van der Waals surface area contributed by atoms with E-state index in [-0.39, 0.29) is 47.9 Å². The lowest BCUT2D eigenvalue weighted by Gasteiger charge is -2.42. The molecule has 0 amide bonds. The van der Waals surface area contributed by atoms with E-state index in [2.05, 4.69) is 32.2 Å². The Labute approximate surface area is 161 Å². The van der Waals surface area contributed by atoms with Crippen molar-refractivity contribution in [2.75, 3.05) is 20.3 Å². The van der Waals surface area contributed by atoms with Gasteiger partial charge in [0.25, 0.3) is 0 Å². The fraction of sp³-hybridized carbons (Fsp3) is 0.857. The highest BCUT2D eigenvalue weighted by atomic mass is 16.6. The number of hydrogen-bond acceptors (Lipinski definition) is 6. The van der Waals surface area contributed by atoms with Gasteiger partial charge in [-0.1, -0.05) is 11.6 Å². The summed E-state index contributed by atoms with van der Waals surface area (Å²) >= 11 is 0. The summed E-state index contributed by atoms with van der Waals surface area (Å²) in [6.07, 6.45) is 6.83. The van der Waals surface area contributed by atoms with Crippen molar-refractivity contribution in [3.8, 4) is 0 Å². The fourth-order valence-electron chi connectivity index (χ4n) is 4.80. The number of methoxy groups -OCH3 is 1. The van der Waals surface area contributed by atoms with Gasteiger partial charge < -0.3 is 24.3 Å². The number of epoxide rings is 2. The standard InChI is InChI=1S/C21H33NO5/c1-13(2)5-8-16-20(3,27-16)19-18(24-4)15(9-10-21(19)12-25-21)26-17(23)11-22-14-6-7-14/h5,14-16,18-19,22H,6-12H2,1-4H3. The molecule has 1 N–H and O–H groups in total. The molecule has 2 aliphatic heterocycles. The molecule has 0 aromatic rings. The zero-order valence-corrected chi connectivity index (χ0v) is 17.0. The Hall–Kier alpha value is -0.950. The number of allylic oxidation sites excluding steroid dienone is 1. The minimum Gasteiger partial charge on any atom is -0.459 e. The molecule has 6 nitrogen and oxygen atoms in total. The summed E-state index contributed by atoms with van der Waals surface area (Å²) in [6.45, 7) is 7.40. The minimum absolute atomic E-state index is 0.0773. The summed E-state index contributed by atoms with van der Waals surface area (Å²) < 4.78 is 23.8. The first-order valence-corrected chi connectivity index (χ1v) is 10.3. The van der Waals surface area contributed by atoms with Crippen LogP contribution in [0.2, 0.25) is 0 Å². The average molecular weight is 379 g/mol. The average Bonchev–Trinajstić information content (AvgIpc) is 3.50. The second kappa shape index (κ2) is 7.14. The van der Waals surface area contributed by atoms with Crippen molar-refractivity contribution in [3.05, 3.63) is 11.6 Å². The first-order valence-electron chi connectivity index (χ1n) is 10.3. The van der Waals surface area contributed by atoms with Crippen LogP contribution in [-0.2, 0) is 23.7 Å². The van der Waals surface area contributed by atoms with Crippen LogP contribution >= 0.6 is 0 Å². The van der Waals surface area contributed by atoms with E-state index in [1.54, 1.807) is 7.11 Å². The SMILES string of the molecule is COC1C(OC(=O)CNC2CC2)CCC2(CO2)C1C1(C)OC1CC=C(C)C. The second-order valence-corrected chi connectivity index (χ2v) is 9.06. The highest BCUT2D eigenvalue weighted by Crippen LogP contribution is 2.59. The van der Waals surface area contributed by atoms with Crippen LogP contribution in [0.15, 0.2) is 11.6 Å². The molecule has 2 saturated heterocycles. The summed E-state index contributed by atoms with van der Waals surface area (Å²) in [5.74, 6) is -0.114. The normalized spacial score (nSPS) is 42.7. The van der Waals surface area contributed by atoms with E-state index in [0.717, 1.165) is 38.7 Å². The topological polar surface area (TPSA) is 72.6 Å². The lowest BCUT2D eigenvalue weighted by atomic mass is 9.68. The third-order valence-electron chi connectivity index (χ3n) is 6.63. The van der Waals surface area contributed by atoms with E-state index in [0.29, 0.717) is 6.04 Å². The molecule has 6 heteroatoms. The molecule has 0 radical (unpaired) electrons. The Bertz CT molecular complexity index is 608. The lowest BCUT2D eigenvalue weighted by Crippen LogP contribution is -2.56. The molecule has 4 fully saturated rings. The smallest absolute Gasteiger partial charge is 0.320 e. The summed E-state index contributed by atoms with van der Waals surface area (Å²) in [5, 5.41) is 3.22. The Morgan fingerprint density at radius 1 is 1.30 bits per heavy atom. The predicted molar refractivity (Wildman–Crippen MR) is 100 cm³/mol. The van der Waals surface area contributed by atoms with Gasteiger partial charge in [0.2, 0.25) is 0 Å². The van der Waals surface area contributed by atoms with Crippen LogP contribution in [-0.4, -0.2) is 61.8 Å². The molecule has 152 valence electrons. The maximum Gasteiger partial charge on any atom is 0.320 e. The van der Waals surface area contributed by atoms with Crippen molar-refractivity contribution in [2.24, 2.45) is 5.92 Å². The van der Waals surface area contributed by atoms with Crippen molar-refractivity contribution >= 4 is 5.97 Å². The van der Waals surface area contributed by atoms with Crippen LogP contribution in [0.25, 0.3) is 0 Å². The van der Waals surface area contributed by atoms with Gasteiger partial charge in [0.1, 0.15) is 23.4 Å². The molecular formula is C21H33NO5. The zero-order chi connectivity index (χ0) is 19.2. The molecule has 6 atom stereocenters. The highest BCUT2D eigenvalue weighted by Gasteiger charge is 2.72. The van der Waals surface area contributed by atoms with Crippen LogP contribution < -0.4 is 5.32 Å². The van der Waals surface area contributed by atoms with Gasteiger partial charge in [-0.3, -0.25) is 4.79 Å². The van der Waals surface area contributed by atoms with Crippen molar-refractivity contribution in [3.63, 3.8) is 0 Å². The molecule has 4 aliphatic rings. The fourth-order valence-corrected chi connectivity index (χ4v) is 4.80. The van der Waals surface area contributed by atoms with Crippen LogP contribution in [0.5, 0.6) is 0 Å². The summed E-state index contributed by atoms with van der Waals surface area (Å²) in [7, 11) is 1.71. The van der Waals surface area contributed by atoms with E-state index in [4.69, 9.17) is 18.9 Å². The maximum absolute atomic E-state index is 12.3. The molecule has 6 unspecified atom stereocenters. The molecule has 4 rings (SSSR count). The van der Waals surface area contributed by atoms with Crippen LogP contribution in [0.3, 0.4) is 0 Å². The lowest BCUT2D eigenvalue weighted by molar-refractivity contribution is -0.170. The number of hydrogen-bond donors (Lipinski definition) is 1. The first-order chi connectivity index (χ1) is 12.9. The second-order valence-electron chi connectivity index (χ2n) is 9.06. The molecule has 2 aliphatic carbocycles. The van der Waals surface area contributed by atoms with Crippen LogP contribution in [0.1, 0.15) is 52.9 Å². The molecule has 1 spiro atoms. The predicted octanol–water partition coefficient (Wildman–Crippen LogP) is 2.36. The van der Waals surface area contributed by atoms with Gasteiger partial charge in [-0.05, 0) is 52.9 Å². The van der Waals surface area contributed by atoms with Gasteiger partial charge in [-0.15, -0.1) is 0 Å². The van der Waals surface area contributed by atoms with Gasteiger partial charge in [0.05, 0.1) is 25.2 Å². The number of carbonyl (C=O) groups is 1. The quantitative estimate of drug-likeness (QED) is 0.397. The largest absolute Gasteiger partial charge is 0.459 e. The number of ether oxygens (including phenoxy) is 4. The highest BCUT2D eigenvalue weighted by molar-refractivity contribution is 5.72. The van der Waals surface area contributed by atoms with Crippen LogP contribution in [0.4, 0.5) is 0 Å². The van der Waals surface area contributed by atoms with E-state index < -0.39 is 0 Å². The van der Waals surface area contributed by atoms with E-state index in [1.165, 1.54) is 5.57 Å². The van der Waals surface area contributed by atoms with Crippen molar-refractivity contribution in [1.29, 1.82) is 0 Å². The Morgan fingerprint density at radius 2 is 2.04 bits per heavy atom. The minimum atomic E-state index is -0.291. The summed E-state index contributed by atoms with van der Waals surface area (Å²) in [6, 6.07) is 0.493. The molecule has 27 heavy (non-hydrogen) atoms. The molecule has 0 bridgehead atoms. The molecule has 2 saturated carbocycles. The van der Waals surface area contributed by atoms with E-state index in [1.807, 2.05) is 0 Å². The van der Waals surface area contributed by atoms with Crippen molar-refractivity contribution < 1.29 is 23.7 Å². The van der Waals surface area contributed by atoms with E-state index in [9.17, 15) is 4.79 Å². The molecule has 2 heterocycles.